The highest BCUT2D eigenvalue weighted by atomic mass is 32.2. The zero-order chi connectivity index (χ0) is 12.5. The standard InChI is InChI=1S/C13H25NO2S/c1-17-9-4-2-3-8-14-12-7-5-6-11(10-12)13(15)16/h11-12,14H,2-10H2,1H3,(H,15,16). The number of thioether (sulfide) groups is 1. The van der Waals surface area contributed by atoms with Gasteiger partial charge < -0.3 is 10.4 Å². The SMILES string of the molecule is CSCCCCCNC1CCCC(C(=O)O)C1. The molecule has 4 heteroatoms. The first-order chi connectivity index (χ1) is 8.24. The van der Waals surface area contributed by atoms with Crippen LogP contribution in [0.4, 0.5) is 0 Å². The topological polar surface area (TPSA) is 49.3 Å². The lowest BCUT2D eigenvalue weighted by atomic mass is 9.86. The highest BCUT2D eigenvalue weighted by molar-refractivity contribution is 7.98. The van der Waals surface area contributed by atoms with Crippen LogP contribution in [-0.4, -0.2) is 35.7 Å². The molecule has 2 unspecified atom stereocenters. The Balaban J connectivity index is 2.04. The first kappa shape index (κ1) is 14.8. The maximum absolute atomic E-state index is 10.9. The van der Waals surface area contributed by atoms with Crippen LogP contribution in [-0.2, 0) is 4.79 Å². The van der Waals surface area contributed by atoms with E-state index in [1.807, 2.05) is 11.8 Å². The minimum Gasteiger partial charge on any atom is -0.481 e. The predicted molar refractivity (Wildman–Crippen MR) is 73.6 cm³/mol. The predicted octanol–water partition coefficient (Wildman–Crippen LogP) is 2.75. The zero-order valence-electron chi connectivity index (χ0n) is 10.8. The third-order valence-corrected chi connectivity index (χ3v) is 4.18. The van der Waals surface area contributed by atoms with E-state index in [9.17, 15) is 4.79 Å². The molecule has 100 valence electrons. The summed E-state index contributed by atoms with van der Waals surface area (Å²) in [5, 5.41) is 12.5. The van der Waals surface area contributed by atoms with Gasteiger partial charge in [-0.3, -0.25) is 4.79 Å². The molecule has 1 rings (SSSR count). The summed E-state index contributed by atoms with van der Waals surface area (Å²) in [4.78, 5) is 10.9. The molecule has 0 bridgehead atoms. The van der Waals surface area contributed by atoms with Gasteiger partial charge in [0.15, 0.2) is 0 Å². The average molecular weight is 259 g/mol. The summed E-state index contributed by atoms with van der Waals surface area (Å²) in [5.41, 5.74) is 0. The molecule has 1 saturated carbocycles. The van der Waals surface area contributed by atoms with Crippen molar-refractivity contribution in [2.75, 3.05) is 18.6 Å². The minimum atomic E-state index is -0.614. The van der Waals surface area contributed by atoms with Gasteiger partial charge in [0.2, 0.25) is 0 Å². The van der Waals surface area contributed by atoms with Crippen LogP contribution in [0.5, 0.6) is 0 Å². The summed E-state index contributed by atoms with van der Waals surface area (Å²) < 4.78 is 0. The van der Waals surface area contributed by atoms with E-state index in [0.717, 1.165) is 32.2 Å². The van der Waals surface area contributed by atoms with Crippen molar-refractivity contribution >= 4 is 17.7 Å². The number of hydrogen-bond donors (Lipinski definition) is 2. The number of aliphatic carboxylic acids is 1. The molecule has 0 amide bonds. The molecule has 0 spiro atoms. The number of carbonyl (C=O) groups is 1. The monoisotopic (exact) mass is 259 g/mol. The molecule has 1 fully saturated rings. The van der Waals surface area contributed by atoms with Crippen molar-refractivity contribution in [3.05, 3.63) is 0 Å². The minimum absolute atomic E-state index is 0.113. The van der Waals surface area contributed by atoms with Crippen LogP contribution in [0.3, 0.4) is 0 Å². The molecule has 0 saturated heterocycles. The Morgan fingerprint density at radius 1 is 1.35 bits per heavy atom. The van der Waals surface area contributed by atoms with Crippen molar-refractivity contribution in [3.63, 3.8) is 0 Å². The van der Waals surface area contributed by atoms with Crippen LogP contribution in [0.15, 0.2) is 0 Å². The van der Waals surface area contributed by atoms with E-state index in [1.165, 1.54) is 25.0 Å². The third kappa shape index (κ3) is 6.32. The lowest BCUT2D eigenvalue weighted by molar-refractivity contribution is -0.143. The molecule has 3 nitrogen and oxygen atoms in total. The molecule has 0 aromatic rings. The second-order valence-electron chi connectivity index (χ2n) is 4.91. The molecular formula is C13H25NO2S. The van der Waals surface area contributed by atoms with Gasteiger partial charge in [0.1, 0.15) is 0 Å². The maximum Gasteiger partial charge on any atom is 0.306 e. The van der Waals surface area contributed by atoms with Crippen LogP contribution in [0.1, 0.15) is 44.9 Å². The van der Waals surface area contributed by atoms with E-state index in [1.54, 1.807) is 0 Å². The van der Waals surface area contributed by atoms with Crippen molar-refractivity contribution in [2.45, 2.75) is 51.0 Å². The van der Waals surface area contributed by atoms with Gasteiger partial charge in [-0.25, -0.2) is 0 Å². The van der Waals surface area contributed by atoms with E-state index >= 15 is 0 Å². The summed E-state index contributed by atoms with van der Waals surface area (Å²) in [6, 6.07) is 0.436. The summed E-state index contributed by atoms with van der Waals surface area (Å²) >= 11 is 1.91. The quantitative estimate of drug-likeness (QED) is 0.658. The van der Waals surface area contributed by atoms with E-state index in [4.69, 9.17) is 5.11 Å². The molecule has 0 aliphatic heterocycles. The Morgan fingerprint density at radius 2 is 2.18 bits per heavy atom. The fraction of sp³-hybridized carbons (Fsp3) is 0.923. The number of nitrogens with one attached hydrogen (secondary N) is 1. The molecule has 2 N–H and O–H groups in total. The summed E-state index contributed by atoms with van der Waals surface area (Å²) in [6.45, 7) is 1.05. The van der Waals surface area contributed by atoms with Crippen LogP contribution in [0.25, 0.3) is 0 Å². The average Bonchev–Trinajstić information content (AvgIpc) is 2.34. The van der Waals surface area contributed by atoms with Crippen molar-refractivity contribution in [2.24, 2.45) is 5.92 Å². The first-order valence-corrected chi connectivity index (χ1v) is 8.08. The lowest BCUT2D eigenvalue weighted by Crippen LogP contribution is -2.36. The molecule has 1 aliphatic carbocycles. The number of hydrogen-bond acceptors (Lipinski definition) is 3. The van der Waals surface area contributed by atoms with E-state index in [0.29, 0.717) is 6.04 Å². The second kappa shape index (κ2) is 8.81. The van der Waals surface area contributed by atoms with Crippen molar-refractivity contribution < 1.29 is 9.90 Å². The molecule has 0 aromatic carbocycles. The number of carboxylic acid groups (broad SMARTS) is 1. The third-order valence-electron chi connectivity index (χ3n) is 3.48. The molecule has 2 atom stereocenters. The van der Waals surface area contributed by atoms with Gasteiger partial charge in [-0.05, 0) is 50.7 Å². The Hall–Kier alpha value is -0.220. The maximum atomic E-state index is 10.9. The smallest absolute Gasteiger partial charge is 0.306 e. The fourth-order valence-corrected chi connectivity index (χ4v) is 2.95. The van der Waals surface area contributed by atoms with Crippen LogP contribution in [0, 0.1) is 5.92 Å². The molecule has 17 heavy (non-hydrogen) atoms. The van der Waals surface area contributed by atoms with E-state index in [2.05, 4.69) is 11.6 Å². The van der Waals surface area contributed by atoms with Crippen molar-refractivity contribution in [3.8, 4) is 0 Å². The van der Waals surface area contributed by atoms with E-state index in [-0.39, 0.29) is 5.92 Å². The highest BCUT2D eigenvalue weighted by Gasteiger charge is 2.26. The zero-order valence-corrected chi connectivity index (χ0v) is 11.6. The van der Waals surface area contributed by atoms with Gasteiger partial charge in [0.05, 0.1) is 5.92 Å². The first-order valence-electron chi connectivity index (χ1n) is 6.69. The Labute approximate surface area is 109 Å². The van der Waals surface area contributed by atoms with Crippen molar-refractivity contribution in [1.82, 2.24) is 5.32 Å². The summed E-state index contributed by atoms with van der Waals surface area (Å²) in [5.74, 6) is 0.527. The van der Waals surface area contributed by atoms with Crippen molar-refractivity contribution in [1.29, 1.82) is 0 Å². The number of carboxylic acids is 1. The number of rotatable bonds is 8. The largest absolute Gasteiger partial charge is 0.481 e. The van der Waals surface area contributed by atoms with Crippen LogP contribution in [0.2, 0.25) is 0 Å². The summed E-state index contributed by atoms with van der Waals surface area (Å²) in [7, 11) is 0. The van der Waals surface area contributed by atoms with Gasteiger partial charge in [-0.2, -0.15) is 11.8 Å². The van der Waals surface area contributed by atoms with Gasteiger partial charge in [0.25, 0.3) is 0 Å². The number of unbranched alkanes of at least 4 members (excludes halogenated alkanes) is 2. The Kier molecular flexibility index (Phi) is 7.69. The van der Waals surface area contributed by atoms with Crippen LogP contribution >= 0.6 is 11.8 Å². The Bertz CT molecular complexity index is 223. The Morgan fingerprint density at radius 3 is 2.88 bits per heavy atom. The van der Waals surface area contributed by atoms with Crippen LogP contribution < -0.4 is 5.32 Å². The normalized spacial score (nSPS) is 24.8. The molecule has 0 heterocycles. The van der Waals surface area contributed by atoms with Gasteiger partial charge in [-0.15, -0.1) is 0 Å². The van der Waals surface area contributed by atoms with Gasteiger partial charge >= 0.3 is 5.97 Å². The molecular weight excluding hydrogens is 234 g/mol. The van der Waals surface area contributed by atoms with Gasteiger partial charge in [-0.1, -0.05) is 12.8 Å². The molecule has 1 aliphatic rings. The lowest BCUT2D eigenvalue weighted by Gasteiger charge is -2.27. The fourth-order valence-electron chi connectivity index (χ4n) is 2.45. The van der Waals surface area contributed by atoms with E-state index < -0.39 is 5.97 Å². The highest BCUT2D eigenvalue weighted by Crippen LogP contribution is 2.24. The molecule has 0 aromatic heterocycles. The molecule has 0 radical (unpaired) electrons. The second-order valence-corrected chi connectivity index (χ2v) is 5.89. The van der Waals surface area contributed by atoms with Gasteiger partial charge in [0, 0.05) is 6.04 Å². The summed E-state index contributed by atoms with van der Waals surface area (Å²) in [6.07, 6.45) is 9.83.